The number of amides is 1. The van der Waals surface area contributed by atoms with Gasteiger partial charge in [-0.3, -0.25) is 4.79 Å². The van der Waals surface area contributed by atoms with E-state index in [0.717, 1.165) is 15.8 Å². The van der Waals surface area contributed by atoms with Crippen LogP contribution in [0, 0.1) is 12.3 Å². The molecule has 0 unspecified atom stereocenters. The summed E-state index contributed by atoms with van der Waals surface area (Å²) in [7, 11) is -3.73. The van der Waals surface area contributed by atoms with Crippen LogP contribution in [0.15, 0.2) is 82.7 Å². The second-order valence-electron chi connectivity index (χ2n) is 7.65. The first kappa shape index (κ1) is 24.9. The van der Waals surface area contributed by atoms with Crippen LogP contribution in [0.2, 0.25) is 5.02 Å². The summed E-state index contributed by atoms with van der Waals surface area (Å²) >= 11 is 7.40. The zero-order valence-corrected chi connectivity index (χ0v) is 21.3. The Balaban J connectivity index is 1.62. The van der Waals surface area contributed by atoms with Crippen molar-refractivity contribution < 1.29 is 13.2 Å². The highest BCUT2D eigenvalue weighted by atomic mass is 35.5. The first-order valence-electron chi connectivity index (χ1n) is 10.8. The van der Waals surface area contributed by atoms with Crippen molar-refractivity contribution in [3.63, 3.8) is 0 Å². The number of carbonyl (C=O) groups is 1. The Morgan fingerprint density at radius 2 is 1.83 bits per heavy atom. The summed E-state index contributed by atoms with van der Waals surface area (Å²) in [5.41, 5.74) is 2.01. The standard InChI is InChI=1S/C26H22ClN3O3S2/c1-3-16-30-23-15-12-21(27)17-24(23)34-26(30)28-25(31)20-10-13-22(14-11-20)35(32,33)29(4-2)18-19-8-6-5-7-9-19/h1,5-15,17H,4,16,18H2,2H3. The molecule has 0 atom stereocenters. The predicted molar refractivity (Wildman–Crippen MR) is 140 cm³/mol. The van der Waals surface area contributed by atoms with E-state index in [2.05, 4.69) is 10.9 Å². The summed E-state index contributed by atoms with van der Waals surface area (Å²) in [6.45, 7) is 2.62. The first-order valence-corrected chi connectivity index (χ1v) is 13.4. The van der Waals surface area contributed by atoms with Crippen LogP contribution in [-0.4, -0.2) is 29.7 Å². The van der Waals surface area contributed by atoms with Crippen molar-refractivity contribution in [3.8, 4) is 12.3 Å². The fourth-order valence-electron chi connectivity index (χ4n) is 3.60. The Labute approximate surface area is 213 Å². The zero-order valence-electron chi connectivity index (χ0n) is 18.9. The quantitative estimate of drug-likeness (QED) is 0.322. The molecule has 0 aliphatic rings. The second kappa shape index (κ2) is 10.6. The lowest BCUT2D eigenvalue weighted by Gasteiger charge is -2.20. The highest BCUT2D eigenvalue weighted by Crippen LogP contribution is 2.22. The van der Waals surface area contributed by atoms with Gasteiger partial charge in [-0.2, -0.15) is 9.30 Å². The average molecular weight is 524 g/mol. The van der Waals surface area contributed by atoms with Gasteiger partial charge >= 0.3 is 0 Å². The first-order chi connectivity index (χ1) is 16.8. The Morgan fingerprint density at radius 1 is 1.11 bits per heavy atom. The van der Waals surface area contributed by atoms with Crippen molar-refractivity contribution in [3.05, 3.63) is 93.7 Å². The van der Waals surface area contributed by atoms with E-state index in [-0.39, 0.29) is 23.5 Å². The molecule has 0 aliphatic carbocycles. The van der Waals surface area contributed by atoms with Crippen LogP contribution >= 0.6 is 22.9 Å². The number of hydrogen-bond acceptors (Lipinski definition) is 4. The van der Waals surface area contributed by atoms with Gasteiger partial charge < -0.3 is 4.57 Å². The highest BCUT2D eigenvalue weighted by molar-refractivity contribution is 7.89. The molecule has 1 amide bonds. The summed E-state index contributed by atoms with van der Waals surface area (Å²) < 4.78 is 30.4. The SMILES string of the molecule is C#CCn1c(=NC(=O)c2ccc(S(=O)(=O)N(CC)Cc3ccccc3)cc2)sc2cc(Cl)ccc21. The van der Waals surface area contributed by atoms with Gasteiger partial charge in [0.1, 0.15) is 0 Å². The van der Waals surface area contributed by atoms with Crippen LogP contribution in [-0.2, 0) is 23.1 Å². The summed E-state index contributed by atoms with van der Waals surface area (Å²) in [6.07, 6.45) is 5.51. The van der Waals surface area contributed by atoms with E-state index in [0.29, 0.717) is 16.4 Å². The normalized spacial score (nSPS) is 12.2. The lowest BCUT2D eigenvalue weighted by atomic mass is 10.2. The smallest absolute Gasteiger partial charge is 0.279 e. The van der Waals surface area contributed by atoms with Gasteiger partial charge in [-0.1, -0.05) is 66.1 Å². The molecule has 0 fully saturated rings. The molecule has 0 bridgehead atoms. The molecule has 0 saturated carbocycles. The van der Waals surface area contributed by atoms with Crippen molar-refractivity contribution in [1.29, 1.82) is 0 Å². The molecule has 0 radical (unpaired) electrons. The van der Waals surface area contributed by atoms with Gasteiger partial charge in [0, 0.05) is 23.7 Å². The molecule has 0 aliphatic heterocycles. The van der Waals surface area contributed by atoms with Crippen LogP contribution in [0.1, 0.15) is 22.8 Å². The van der Waals surface area contributed by atoms with Crippen LogP contribution in [0.5, 0.6) is 0 Å². The van der Waals surface area contributed by atoms with Crippen molar-refractivity contribution in [2.45, 2.75) is 24.9 Å². The third-order valence-corrected chi connectivity index (χ3v) is 8.60. The van der Waals surface area contributed by atoms with Crippen molar-refractivity contribution in [2.24, 2.45) is 4.99 Å². The van der Waals surface area contributed by atoms with Gasteiger partial charge in [-0.25, -0.2) is 8.42 Å². The Hall–Kier alpha value is -3.22. The zero-order chi connectivity index (χ0) is 25.0. The molecule has 0 saturated heterocycles. The second-order valence-corrected chi connectivity index (χ2v) is 11.0. The van der Waals surface area contributed by atoms with E-state index in [9.17, 15) is 13.2 Å². The summed E-state index contributed by atoms with van der Waals surface area (Å²) in [6, 6.07) is 20.6. The number of sulfonamides is 1. The number of aromatic nitrogens is 1. The number of carbonyl (C=O) groups excluding carboxylic acids is 1. The van der Waals surface area contributed by atoms with Crippen LogP contribution in [0.3, 0.4) is 0 Å². The van der Waals surface area contributed by atoms with E-state index < -0.39 is 15.9 Å². The Bertz CT molecular complexity index is 1580. The van der Waals surface area contributed by atoms with Crippen LogP contribution in [0.4, 0.5) is 0 Å². The third-order valence-electron chi connectivity index (χ3n) is 5.38. The fourth-order valence-corrected chi connectivity index (χ4v) is 6.34. The largest absolute Gasteiger partial charge is 0.305 e. The van der Waals surface area contributed by atoms with Crippen LogP contribution in [0.25, 0.3) is 10.2 Å². The molecule has 35 heavy (non-hydrogen) atoms. The van der Waals surface area contributed by atoms with Crippen molar-refractivity contribution in [1.82, 2.24) is 8.87 Å². The molecular weight excluding hydrogens is 502 g/mol. The number of halogens is 1. The Morgan fingerprint density at radius 3 is 2.49 bits per heavy atom. The molecule has 4 rings (SSSR count). The third kappa shape index (κ3) is 5.39. The number of benzene rings is 3. The van der Waals surface area contributed by atoms with E-state index >= 15 is 0 Å². The van der Waals surface area contributed by atoms with Gasteiger partial charge in [0.2, 0.25) is 10.0 Å². The molecule has 3 aromatic carbocycles. The van der Waals surface area contributed by atoms with E-state index in [1.54, 1.807) is 23.6 Å². The number of nitrogens with zero attached hydrogens (tertiary/aromatic N) is 3. The van der Waals surface area contributed by atoms with Crippen molar-refractivity contribution >= 4 is 49.1 Å². The maximum absolute atomic E-state index is 13.2. The van der Waals surface area contributed by atoms with E-state index in [1.807, 2.05) is 36.4 Å². The molecule has 9 heteroatoms. The van der Waals surface area contributed by atoms with E-state index in [1.165, 1.54) is 39.9 Å². The molecule has 1 heterocycles. The van der Waals surface area contributed by atoms with Gasteiger partial charge in [-0.15, -0.1) is 6.42 Å². The van der Waals surface area contributed by atoms with Crippen molar-refractivity contribution in [2.75, 3.05) is 6.54 Å². The maximum atomic E-state index is 13.2. The number of hydrogen-bond donors (Lipinski definition) is 0. The van der Waals surface area contributed by atoms with Gasteiger partial charge in [0.25, 0.3) is 5.91 Å². The lowest BCUT2D eigenvalue weighted by molar-refractivity contribution is 0.0998. The van der Waals surface area contributed by atoms with Gasteiger partial charge in [0.15, 0.2) is 4.80 Å². The summed E-state index contributed by atoms with van der Waals surface area (Å²) in [4.78, 5) is 17.7. The molecule has 6 nitrogen and oxygen atoms in total. The number of rotatable bonds is 7. The van der Waals surface area contributed by atoms with Gasteiger partial charge in [0.05, 0.1) is 21.7 Å². The lowest BCUT2D eigenvalue weighted by Crippen LogP contribution is -2.30. The minimum absolute atomic E-state index is 0.116. The highest BCUT2D eigenvalue weighted by Gasteiger charge is 2.23. The predicted octanol–water partition coefficient (Wildman–Crippen LogP) is 4.94. The molecule has 4 aromatic rings. The average Bonchev–Trinajstić information content (AvgIpc) is 3.19. The molecule has 1 aromatic heterocycles. The molecule has 0 N–H and O–H groups in total. The molecule has 0 spiro atoms. The minimum Gasteiger partial charge on any atom is -0.305 e. The topological polar surface area (TPSA) is 71.7 Å². The minimum atomic E-state index is -3.73. The van der Waals surface area contributed by atoms with Gasteiger partial charge in [-0.05, 0) is 48.0 Å². The molecule has 178 valence electrons. The Kier molecular flexibility index (Phi) is 7.53. The number of thiazole rings is 1. The fraction of sp³-hybridized carbons (Fsp3) is 0.154. The molecular formula is C26H22ClN3O3S2. The summed E-state index contributed by atoms with van der Waals surface area (Å²) in [5, 5.41) is 0.578. The number of terminal acetylenes is 1. The maximum Gasteiger partial charge on any atom is 0.279 e. The summed E-state index contributed by atoms with van der Waals surface area (Å²) in [5.74, 6) is 2.09. The van der Waals surface area contributed by atoms with Crippen LogP contribution < -0.4 is 4.80 Å². The van der Waals surface area contributed by atoms with E-state index in [4.69, 9.17) is 18.0 Å². The monoisotopic (exact) mass is 523 g/mol. The number of fused-ring (bicyclic) bond motifs is 1.